The summed E-state index contributed by atoms with van der Waals surface area (Å²) in [5.74, 6) is 1.47. The maximum absolute atomic E-state index is 11.9. The maximum Gasteiger partial charge on any atom is 0.322 e. The first-order valence-corrected chi connectivity index (χ1v) is 7.20. The molecule has 1 aromatic rings. The van der Waals surface area contributed by atoms with Crippen molar-refractivity contribution in [2.75, 3.05) is 11.5 Å². The van der Waals surface area contributed by atoms with Gasteiger partial charge in [0.2, 0.25) is 5.69 Å². The van der Waals surface area contributed by atoms with E-state index < -0.39 is 10.8 Å². The highest BCUT2D eigenvalue weighted by Crippen LogP contribution is 2.20. The fraction of sp³-hybridized carbons (Fsp3) is 0.636. The van der Waals surface area contributed by atoms with Gasteiger partial charge in [0.15, 0.2) is 0 Å². The van der Waals surface area contributed by atoms with Crippen LogP contribution in [-0.4, -0.2) is 38.6 Å². The smallest absolute Gasteiger partial charge is 0.322 e. The Morgan fingerprint density at radius 3 is 2.89 bits per heavy atom. The van der Waals surface area contributed by atoms with Gasteiger partial charge >= 0.3 is 5.69 Å². The van der Waals surface area contributed by atoms with Crippen LogP contribution in [0.1, 0.15) is 36.5 Å². The number of H-pyrrole nitrogens is 1. The monoisotopic (exact) mass is 286 g/mol. The molecule has 1 aromatic heterocycles. The molecule has 0 saturated carbocycles. The fourth-order valence-corrected chi connectivity index (χ4v) is 2.38. The number of thioether (sulfide) groups is 1. The number of hydrogen-bond donors (Lipinski definition) is 2. The molecule has 0 aliphatic rings. The summed E-state index contributed by atoms with van der Waals surface area (Å²) in [6, 6.07) is -0.0387. The van der Waals surface area contributed by atoms with E-state index in [1.54, 1.807) is 11.8 Å². The van der Waals surface area contributed by atoms with Gasteiger partial charge in [-0.25, -0.2) is 0 Å². The lowest BCUT2D eigenvalue weighted by Crippen LogP contribution is -2.33. The van der Waals surface area contributed by atoms with Crippen LogP contribution in [0.25, 0.3) is 0 Å². The molecular formula is C11H18N4O3S. The van der Waals surface area contributed by atoms with Crippen LogP contribution in [0.2, 0.25) is 0 Å². The lowest BCUT2D eigenvalue weighted by molar-refractivity contribution is -0.385. The number of hydrogen-bond acceptors (Lipinski definition) is 5. The van der Waals surface area contributed by atoms with Crippen molar-refractivity contribution in [2.24, 2.45) is 0 Å². The number of aromatic amines is 1. The first kappa shape index (κ1) is 15.5. The largest absolute Gasteiger partial charge is 0.348 e. The van der Waals surface area contributed by atoms with Gasteiger partial charge in [0.25, 0.3) is 5.91 Å². The maximum atomic E-state index is 11.9. The van der Waals surface area contributed by atoms with Crippen LogP contribution in [-0.2, 0) is 0 Å². The Balaban J connectivity index is 2.66. The van der Waals surface area contributed by atoms with Crippen molar-refractivity contribution in [2.45, 2.75) is 33.2 Å². The molecule has 7 nitrogen and oxygen atoms in total. The van der Waals surface area contributed by atoms with E-state index in [2.05, 4.69) is 22.4 Å². The molecule has 0 spiro atoms. The Labute approximate surface area is 115 Å². The van der Waals surface area contributed by atoms with Crippen molar-refractivity contribution in [1.82, 2.24) is 15.5 Å². The zero-order valence-corrected chi connectivity index (χ0v) is 12.0. The Kier molecular flexibility index (Phi) is 5.81. The second-order valence-electron chi connectivity index (χ2n) is 4.16. The summed E-state index contributed by atoms with van der Waals surface area (Å²) in [6.45, 7) is 5.46. The van der Waals surface area contributed by atoms with Gasteiger partial charge in [-0.1, -0.05) is 6.92 Å². The third kappa shape index (κ3) is 4.23. The number of aryl methyl sites for hydroxylation is 1. The van der Waals surface area contributed by atoms with Crippen molar-refractivity contribution >= 4 is 23.4 Å². The standard InChI is InChI=1S/C11H18N4O3S/c1-4-19-6-5-7(2)12-11(16)9-10(15(17)18)8(3)13-14-9/h7H,4-6H2,1-3H3,(H,12,16)(H,13,14)/t7-/m1/s1. The van der Waals surface area contributed by atoms with Gasteiger partial charge in [-0.15, -0.1) is 0 Å². The van der Waals surface area contributed by atoms with Crippen LogP contribution in [0.3, 0.4) is 0 Å². The predicted molar refractivity (Wildman–Crippen MR) is 74.5 cm³/mol. The van der Waals surface area contributed by atoms with E-state index in [4.69, 9.17) is 0 Å². The minimum absolute atomic E-state index is 0.0387. The van der Waals surface area contributed by atoms with Gasteiger partial charge in [0, 0.05) is 6.04 Å². The summed E-state index contributed by atoms with van der Waals surface area (Å²) in [4.78, 5) is 22.2. The number of nitrogens with zero attached hydrogens (tertiary/aromatic N) is 2. The van der Waals surface area contributed by atoms with Crippen molar-refractivity contribution in [3.05, 3.63) is 21.5 Å². The molecule has 0 radical (unpaired) electrons. The molecule has 1 amide bonds. The van der Waals surface area contributed by atoms with Gasteiger partial charge in [-0.3, -0.25) is 20.0 Å². The zero-order chi connectivity index (χ0) is 14.4. The average molecular weight is 286 g/mol. The van der Waals surface area contributed by atoms with Gasteiger partial charge in [-0.05, 0) is 31.8 Å². The molecule has 0 aliphatic heterocycles. The van der Waals surface area contributed by atoms with Crippen molar-refractivity contribution < 1.29 is 9.72 Å². The second-order valence-corrected chi connectivity index (χ2v) is 5.56. The summed E-state index contributed by atoms with van der Waals surface area (Å²) in [5, 5.41) is 19.8. The first-order chi connectivity index (χ1) is 8.97. The predicted octanol–water partition coefficient (Wildman–Crippen LogP) is 1.89. The normalized spacial score (nSPS) is 12.2. The Hall–Kier alpha value is -1.57. The molecule has 0 fully saturated rings. The number of nitrogens with one attached hydrogen (secondary N) is 2. The van der Waals surface area contributed by atoms with Crippen LogP contribution in [0.5, 0.6) is 0 Å². The quantitative estimate of drug-likeness (QED) is 0.453. The number of carbonyl (C=O) groups excluding carboxylic acids is 1. The van der Waals surface area contributed by atoms with Gasteiger partial charge in [0.1, 0.15) is 5.69 Å². The van der Waals surface area contributed by atoms with Crippen molar-refractivity contribution in [1.29, 1.82) is 0 Å². The average Bonchev–Trinajstić information content (AvgIpc) is 2.71. The number of nitro groups is 1. The minimum atomic E-state index is -0.592. The highest BCUT2D eigenvalue weighted by molar-refractivity contribution is 7.99. The molecule has 8 heteroatoms. The molecule has 1 rings (SSSR count). The molecule has 19 heavy (non-hydrogen) atoms. The number of amides is 1. The van der Waals surface area contributed by atoms with Gasteiger partial charge in [0.05, 0.1) is 4.92 Å². The number of carbonyl (C=O) groups is 1. The van der Waals surface area contributed by atoms with Crippen molar-refractivity contribution in [3.63, 3.8) is 0 Å². The molecule has 0 unspecified atom stereocenters. The Bertz CT molecular complexity index is 461. The van der Waals surface area contributed by atoms with E-state index in [9.17, 15) is 14.9 Å². The molecular weight excluding hydrogens is 268 g/mol. The van der Waals surface area contributed by atoms with Crippen LogP contribution in [0.15, 0.2) is 0 Å². The number of aromatic nitrogens is 2. The summed E-state index contributed by atoms with van der Waals surface area (Å²) < 4.78 is 0. The lowest BCUT2D eigenvalue weighted by Gasteiger charge is -2.12. The van der Waals surface area contributed by atoms with E-state index in [-0.39, 0.29) is 23.1 Å². The highest BCUT2D eigenvalue weighted by atomic mass is 32.2. The third-order valence-corrected chi connectivity index (χ3v) is 3.52. The summed E-state index contributed by atoms with van der Waals surface area (Å²) >= 11 is 1.79. The molecule has 0 saturated heterocycles. The molecule has 2 N–H and O–H groups in total. The SMILES string of the molecule is CCSCC[C@@H](C)NC(=O)c1n[nH]c(C)c1[N+](=O)[O-]. The van der Waals surface area contributed by atoms with Crippen LogP contribution in [0, 0.1) is 17.0 Å². The van der Waals surface area contributed by atoms with Crippen LogP contribution in [0.4, 0.5) is 5.69 Å². The van der Waals surface area contributed by atoms with Crippen LogP contribution < -0.4 is 5.32 Å². The zero-order valence-electron chi connectivity index (χ0n) is 11.2. The Morgan fingerprint density at radius 2 is 2.32 bits per heavy atom. The molecule has 0 aromatic carbocycles. The van der Waals surface area contributed by atoms with E-state index in [0.717, 1.165) is 17.9 Å². The van der Waals surface area contributed by atoms with Crippen molar-refractivity contribution in [3.8, 4) is 0 Å². The lowest BCUT2D eigenvalue weighted by atomic mass is 10.2. The third-order valence-electron chi connectivity index (χ3n) is 2.59. The molecule has 1 heterocycles. The van der Waals surface area contributed by atoms with Crippen LogP contribution >= 0.6 is 11.8 Å². The van der Waals surface area contributed by atoms with E-state index in [0.29, 0.717) is 0 Å². The first-order valence-electron chi connectivity index (χ1n) is 6.05. The Morgan fingerprint density at radius 1 is 1.63 bits per heavy atom. The van der Waals surface area contributed by atoms with E-state index in [1.165, 1.54) is 6.92 Å². The molecule has 1 atom stereocenters. The fourth-order valence-electron chi connectivity index (χ4n) is 1.57. The minimum Gasteiger partial charge on any atom is -0.348 e. The van der Waals surface area contributed by atoms with Gasteiger partial charge < -0.3 is 5.32 Å². The summed E-state index contributed by atoms with van der Waals surface area (Å²) in [6.07, 6.45) is 0.821. The van der Waals surface area contributed by atoms with E-state index in [1.807, 2.05) is 6.92 Å². The van der Waals surface area contributed by atoms with E-state index >= 15 is 0 Å². The van der Waals surface area contributed by atoms with Gasteiger partial charge in [-0.2, -0.15) is 16.9 Å². The molecule has 106 valence electrons. The summed E-state index contributed by atoms with van der Waals surface area (Å²) in [7, 11) is 0. The topological polar surface area (TPSA) is 101 Å². The molecule has 0 aliphatic carbocycles. The molecule has 0 bridgehead atoms. The number of rotatable bonds is 7. The second kappa shape index (κ2) is 7.13. The summed E-state index contributed by atoms with van der Waals surface area (Å²) in [5.41, 5.74) is -0.130. The highest BCUT2D eigenvalue weighted by Gasteiger charge is 2.27.